The van der Waals surface area contributed by atoms with Crippen LogP contribution in [0, 0.1) is 6.92 Å². The van der Waals surface area contributed by atoms with Crippen molar-refractivity contribution in [3.8, 4) is 0 Å². The van der Waals surface area contributed by atoms with Crippen LogP contribution in [0.1, 0.15) is 29.7 Å². The number of nitrogens with one attached hydrogen (secondary N) is 1. The fourth-order valence-electron chi connectivity index (χ4n) is 2.37. The van der Waals surface area contributed by atoms with E-state index in [0.29, 0.717) is 6.61 Å². The maximum Gasteiger partial charge on any atom is 0.0744 e. The van der Waals surface area contributed by atoms with Crippen LogP contribution in [0.5, 0.6) is 0 Å². The van der Waals surface area contributed by atoms with E-state index >= 15 is 0 Å². The summed E-state index contributed by atoms with van der Waals surface area (Å²) in [6.45, 7) is 4.91. The van der Waals surface area contributed by atoms with Crippen molar-refractivity contribution in [1.29, 1.82) is 0 Å². The molecule has 0 aliphatic rings. The molecule has 3 heteroatoms. The first kappa shape index (κ1) is 15.1. The number of anilines is 1. The molecule has 20 heavy (non-hydrogen) atoms. The zero-order valence-electron chi connectivity index (χ0n) is 12.1. The third kappa shape index (κ3) is 3.41. The summed E-state index contributed by atoms with van der Waals surface area (Å²) in [4.78, 5) is 0. The van der Waals surface area contributed by atoms with Gasteiger partial charge in [0.15, 0.2) is 0 Å². The Morgan fingerprint density at radius 1 is 1.15 bits per heavy atom. The highest BCUT2D eigenvalue weighted by atomic mass is 79.9. The summed E-state index contributed by atoms with van der Waals surface area (Å²) in [5.74, 6) is 0. The molecule has 0 saturated carbocycles. The molecule has 1 unspecified atom stereocenters. The predicted octanol–water partition coefficient (Wildman–Crippen LogP) is 5.08. The summed E-state index contributed by atoms with van der Waals surface area (Å²) in [7, 11) is 1.72. The summed E-state index contributed by atoms with van der Waals surface area (Å²) < 4.78 is 6.36. The summed E-state index contributed by atoms with van der Waals surface area (Å²) in [6, 6.07) is 14.9. The summed E-state index contributed by atoms with van der Waals surface area (Å²) in [6.07, 6.45) is 0. The molecule has 0 fully saturated rings. The van der Waals surface area contributed by atoms with Gasteiger partial charge in [0.1, 0.15) is 0 Å². The van der Waals surface area contributed by atoms with Crippen molar-refractivity contribution in [3.63, 3.8) is 0 Å². The molecule has 0 amide bonds. The third-order valence-electron chi connectivity index (χ3n) is 3.43. The van der Waals surface area contributed by atoms with Crippen LogP contribution >= 0.6 is 15.9 Å². The first-order valence-corrected chi connectivity index (χ1v) is 7.51. The van der Waals surface area contributed by atoms with Crippen LogP contribution in [-0.4, -0.2) is 7.11 Å². The minimum Gasteiger partial charge on any atom is -0.380 e. The molecule has 2 rings (SSSR count). The molecule has 0 aromatic heterocycles. The maximum absolute atomic E-state index is 5.29. The van der Waals surface area contributed by atoms with E-state index < -0.39 is 0 Å². The minimum absolute atomic E-state index is 0.251. The van der Waals surface area contributed by atoms with E-state index in [2.05, 4.69) is 65.4 Å². The zero-order chi connectivity index (χ0) is 14.5. The lowest BCUT2D eigenvalue weighted by Gasteiger charge is -2.20. The van der Waals surface area contributed by atoms with Gasteiger partial charge in [0.2, 0.25) is 0 Å². The summed E-state index contributed by atoms with van der Waals surface area (Å²) in [5.41, 5.74) is 4.87. The van der Waals surface area contributed by atoms with Crippen LogP contribution in [-0.2, 0) is 11.3 Å². The van der Waals surface area contributed by atoms with Gasteiger partial charge >= 0.3 is 0 Å². The van der Waals surface area contributed by atoms with Crippen LogP contribution in [0.4, 0.5) is 5.69 Å². The van der Waals surface area contributed by atoms with E-state index in [9.17, 15) is 0 Å². The van der Waals surface area contributed by atoms with Gasteiger partial charge in [-0.3, -0.25) is 0 Å². The molecule has 0 spiro atoms. The first-order chi connectivity index (χ1) is 9.63. The van der Waals surface area contributed by atoms with Crippen LogP contribution in [0.2, 0.25) is 0 Å². The molecule has 0 radical (unpaired) electrons. The van der Waals surface area contributed by atoms with Crippen molar-refractivity contribution in [2.45, 2.75) is 26.5 Å². The molecule has 2 aromatic rings. The van der Waals surface area contributed by atoms with Gasteiger partial charge in [-0.2, -0.15) is 0 Å². The Kier molecular flexibility index (Phi) is 5.21. The predicted molar refractivity (Wildman–Crippen MR) is 88.1 cm³/mol. The van der Waals surface area contributed by atoms with E-state index in [0.717, 1.165) is 15.7 Å². The lowest BCUT2D eigenvalue weighted by molar-refractivity contribution is 0.185. The molecule has 0 bridgehead atoms. The van der Waals surface area contributed by atoms with E-state index in [1.54, 1.807) is 7.11 Å². The number of ether oxygens (including phenoxy) is 1. The number of hydrogen-bond donors (Lipinski definition) is 1. The van der Waals surface area contributed by atoms with Crippen LogP contribution < -0.4 is 5.32 Å². The molecular weight excluding hydrogens is 314 g/mol. The maximum atomic E-state index is 5.29. The first-order valence-electron chi connectivity index (χ1n) is 6.72. The number of rotatable bonds is 5. The van der Waals surface area contributed by atoms with Crippen molar-refractivity contribution < 1.29 is 4.74 Å². The average molecular weight is 334 g/mol. The van der Waals surface area contributed by atoms with Crippen LogP contribution in [0.3, 0.4) is 0 Å². The smallest absolute Gasteiger partial charge is 0.0744 e. The topological polar surface area (TPSA) is 21.3 Å². The van der Waals surface area contributed by atoms with E-state index in [1.807, 2.05) is 12.1 Å². The van der Waals surface area contributed by atoms with E-state index in [4.69, 9.17) is 4.74 Å². The Balaban J connectivity index is 2.26. The number of aryl methyl sites for hydroxylation is 1. The molecular formula is C17H20BrNO. The van der Waals surface area contributed by atoms with Crippen molar-refractivity contribution in [2.24, 2.45) is 0 Å². The second-order valence-electron chi connectivity index (χ2n) is 4.92. The second kappa shape index (κ2) is 6.91. The highest BCUT2D eigenvalue weighted by Gasteiger charge is 2.11. The van der Waals surface area contributed by atoms with Gasteiger partial charge in [-0.05, 0) is 37.1 Å². The molecule has 0 aliphatic heterocycles. The molecule has 106 valence electrons. The molecule has 0 aliphatic carbocycles. The highest BCUT2D eigenvalue weighted by Crippen LogP contribution is 2.29. The quantitative estimate of drug-likeness (QED) is 0.824. The lowest BCUT2D eigenvalue weighted by Crippen LogP contribution is -2.10. The molecule has 0 heterocycles. The Hall–Kier alpha value is -1.32. The molecule has 2 nitrogen and oxygen atoms in total. The summed E-state index contributed by atoms with van der Waals surface area (Å²) >= 11 is 3.59. The average Bonchev–Trinajstić information content (AvgIpc) is 2.43. The van der Waals surface area contributed by atoms with Gasteiger partial charge in [-0.25, -0.2) is 0 Å². The van der Waals surface area contributed by atoms with Crippen molar-refractivity contribution in [1.82, 2.24) is 0 Å². The highest BCUT2D eigenvalue weighted by molar-refractivity contribution is 9.10. The number of benzene rings is 2. The Bertz CT molecular complexity index is 583. The zero-order valence-corrected chi connectivity index (χ0v) is 13.7. The minimum atomic E-state index is 0.251. The molecule has 1 N–H and O–H groups in total. The van der Waals surface area contributed by atoms with E-state index in [-0.39, 0.29) is 6.04 Å². The van der Waals surface area contributed by atoms with Gasteiger partial charge in [0.25, 0.3) is 0 Å². The number of halogens is 1. The van der Waals surface area contributed by atoms with Crippen LogP contribution in [0.15, 0.2) is 46.9 Å². The summed E-state index contributed by atoms with van der Waals surface area (Å²) in [5, 5.41) is 3.58. The Labute approximate surface area is 129 Å². The van der Waals surface area contributed by atoms with Crippen molar-refractivity contribution in [3.05, 3.63) is 63.6 Å². The molecule has 2 aromatic carbocycles. The van der Waals surface area contributed by atoms with Gasteiger partial charge in [-0.1, -0.05) is 46.3 Å². The standard InChI is InChI=1S/C17H20BrNO/c1-12-7-4-5-8-14(12)13(2)19-17-10-6-9-16(18)15(17)11-20-3/h4-10,13,19H,11H2,1-3H3. The van der Waals surface area contributed by atoms with Gasteiger partial charge in [-0.15, -0.1) is 0 Å². The van der Waals surface area contributed by atoms with Gasteiger partial charge < -0.3 is 10.1 Å². The number of methoxy groups -OCH3 is 1. The van der Waals surface area contributed by atoms with Crippen LogP contribution in [0.25, 0.3) is 0 Å². The fraction of sp³-hybridized carbons (Fsp3) is 0.294. The Morgan fingerprint density at radius 3 is 2.60 bits per heavy atom. The van der Waals surface area contributed by atoms with Crippen molar-refractivity contribution in [2.75, 3.05) is 12.4 Å². The van der Waals surface area contributed by atoms with E-state index in [1.165, 1.54) is 11.1 Å². The lowest BCUT2D eigenvalue weighted by atomic mass is 10.0. The fourth-order valence-corrected chi connectivity index (χ4v) is 2.85. The second-order valence-corrected chi connectivity index (χ2v) is 5.78. The van der Waals surface area contributed by atoms with Gasteiger partial charge in [0, 0.05) is 28.9 Å². The van der Waals surface area contributed by atoms with Crippen molar-refractivity contribution >= 4 is 21.6 Å². The van der Waals surface area contributed by atoms with Gasteiger partial charge in [0.05, 0.1) is 6.61 Å². The normalized spacial score (nSPS) is 12.2. The molecule has 0 saturated heterocycles. The SMILES string of the molecule is COCc1c(Br)cccc1NC(C)c1ccccc1C. The number of hydrogen-bond acceptors (Lipinski definition) is 2. The monoisotopic (exact) mass is 333 g/mol. The molecule has 1 atom stereocenters. The Morgan fingerprint density at radius 2 is 1.90 bits per heavy atom. The largest absolute Gasteiger partial charge is 0.380 e. The third-order valence-corrected chi connectivity index (χ3v) is 4.18.